The Labute approximate surface area is 244 Å². The van der Waals surface area contributed by atoms with Gasteiger partial charge in [-0.05, 0) is 49.7 Å². The first kappa shape index (κ1) is 27.7. The van der Waals surface area contributed by atoms with Gasteiger partial charge in [-0.15, -0.1) is 0 Å². The van der Waals surface area contributed by atoms with Crippen molar-refractivity contribution in [2.24, 2.45) is 0 Å². The number of hydrogen-bond donors (Lipinski definition) is 1. The van der Waals surface area contributed by atoms with Crippen molar-refractivity contribution in [3.63, 3.8) is 0 Å². The fraction of sp³-hybridized carbons (Fsp3) is 0.226. The summed E-state index contributed by atoms with van der Waals surface area (Å²) in [5.41, 5.74) is 2.95. The number of benzene rings is 2. The van der Waals surface area contributed by atoms with Gasteiger partial charge in [0.05, 0.1) is 52.8 Å². The third-order valence-electron chi connectivity index (χ3n) is 7.39. The molecule has 11 nitrogen and oxygen atoms in total. The Morgan fingerprint density at radius 1 is 1.21 bits per heavy atom. The topological polar surface area (TPSA) is 145 Å². The number of fused-ring (bicyclic) bond motifs is 1. The summed E-state index contributed by atoms with van der Waals surface area (Å²) < 4.78 is 28.8. The minimum absolute atomic E-state index is 0.0209. The van der Waals surface area contributed by atoms with Gasteiger partial charge in [-0.25, -0.2) is 23.8 Å². The molecule has 1 atom stereocenters. The molecule has 216 valence electrons. The third-order valence-corrected chi connectivity index (χ3v) is 7.39. The van der Waals surface area contributed by atoms with Crippen LogP contribution in [0.25, 0.3) is 22.3 Å². The van der Waals surface area contributed by atoms with E-state index in [0.29, 0.717) is 46.8 Å². The molecule has 5 aromatic rings. The molecule has 3 aromatic heterocycles. The van der Waals surface area contributed by atoms with Crippen molar-refractivity contribution in [1.82, 2.24) is 24.3 Å². The molecule has 6 rings (SSSR count). The van der Waals surface area contributed by atoms with Gasteiger partial charge in [0.2, 0.25) is 5.88 Å². The lowest BCUT2D eigenvalue weighted by molar-refractivity contribution is -0.0590. The van der Waals surface area contributed by atoms with Crippen LogP contribution in [0.3, 0.4) is 0 Å². The van der Waals surface area contributed by atoms with Crippen molar-refractivity contribution in [3.8, 4) is 23.2 Å². The van der Waals surface area contributed by atoms with Gasteiger partial charge in [-0.2, -0.15) is 10.4 Å². The number of hydrogen-bond acceptors (Lipinski definition) is 8. The summed E-state index contributed by atoms with van der Waals surface area (Å²) in [5, 5.41) is 22.8. The van der Waals surface area contributed by atoms with Crippen molar-refractivity contribution in [2.45, 2.75) is 39.1 Å². The van der Waals surface area contributed by atoms with Gasteiger partial charge in [-0.3, -0.25) is 4.79 Å². The van der Waals surface area contributed by atoms with Gasteiger partial charge in [0.15, 0.2) is 0 Å². The van der Waals surface area contributed by atoms with Gasteiger partial charge in [-0.1, -0.05) is 12.1 Å². The average Bonchev–Trinajstić information content (AvgIpc) is 3.32. The van der Waals surface area contributed by atoms with Crippen LogP contribution >= 0.6 is 0 Å². The second-order valence-electron chi connectivity index (χ2n) is 10.1. The molecular weight excluding hydrogens is 555 g/mol. The molecule has 4 heterocycles. The lowest BCUT2D eigenvalue weighted by atomic mass is 10.1. The van der Waals surface area contributed by atoms with Crippen LogP contribution in [0.15, 0.2) is 65.6 Å². The van der Waals surface area contributed by atoms with E-state index in [1.807, 2.05) is 10.6 Å². The zero-order chi connectivity index (χ0) is 30.1. The fourth-order valence-electron chi connectivity index (χ4n) is 4.88. The van der Waals surface area contributed by atoms with E-state index < -0.39 is 11.8 Å². The predicted octanol–water partition coefficient (Wildman–Crippen LogP) is 4.09. The van der Waals surface area contributed by atoms with Crippen molar-refractivity contribution in [2.75, 3.05) is 6.61 Å². The van der Waals surface area contributed by atoms with Crippen LogP contribution in [0.5, 0.6) is 5.88 Å². The summed E-state index contributed by atoms with van der Waals surface area (Å²) in [4.78, 5) is 34.2. The maximum atomic E-state index is 14.3. The molecule has 1 N–H and O–H groups in total. The van der Waals surface area contributed by atoms with Crippen LogP contribution in [0.1, 0.15) is 39.3 Å². The van der Waals surface area contributed by atoms with Gasteiger partial charge in [0.25, 0.3) is 5.56 Å². The molecule has 0 aliphatic carbocycles. The Balaban J connectivity index is 1.26. The summed E-state index contributed by atoms with van der Waals surface area (Å²) in [6.07, 6.45) is 2.41. The number of nitriles is 1. The van der Waals surface area contributed by atoms with E-state index in [-0.39, 0.29) is 47.4 Å². The van der Waals surface area contributed by atoms with Gasteiger partial charge in [0, 0.05) is 29.4 Å². The predicted molar refractivity (Wildman–Crippen MR) is 152 cm³/mol. The number of carbonyl (C=O) groups is 1. The quantitative estimate of drug-likeness (QED) is 0.272. The standard InChI is InChI=1S/C31H25FN6O5/c1-18-23(25-3-2-4-29(36-25)43-17-21-6-5-19(13-33)11-24(21)32)14-34-38(30(18)39)16-28-35-26-8-7-20(31(40)41)12-27(26)37(28)15-22-9-10-42-22/h2-8,11-12,14,22H,9-10,15-17H2,1H3,(H,40,41)/t22-/m0/s1. The number of aromatic carboxylic acids is 1. The molecule has 1 fully saturated rings. The first-order chi connectivity index (χ1) is 20.8. The van der Waals surface area contributed by atoms with E-state index in [9.17, 15) is 19.1 Å². The molecular formula is C31H25FN6O5. The molecule has 0 spiro atoms. The molecule has 0 radical (unpaired) electrons. The highest BCUT2D eigenvalue weighted by molar-refractivity contribution is 5.92. The van der Waals surface area contributed by atoms with Gasteiger partial charge >= 0.3 is 5.97 Å². The molecule has 0 amide bonds. The molecule has 12 heteroatoms. The first-order valence-corrected chi connectivity index (χ1v) is 13.5. The minimum Gasteiger partial charge on any atom is -0.478 e. The van der Waals surface area contributed by atoms with Crippen LogP contribution in [0.4, 0.5) is 4.39 Å². The zero-order valence-electron chi connectivity index (χ0n) is 23.0. The molecule has 0 bridgehead atoms. The van der Waals surface area contributed by atoms with Crippen LogP contribution < -0.4 is 10.3 Å². The maximum absolute atomic E-state index is 14.3. The van der Waals surface area contributed by atoms with E-state index in [1.165, 1.54) is 22.9 Å². The Hall–Kier alpha value is -5.41. The molecule has 1 aliphatic heterocycles. The number of ether oxygens (including phenoxy) is 2. The van der Waals surface area contributed by atoms with Crippen molar-refractivity contribution in [1.29, 1.82) is 5.26 Å². The van der Waals surface area contributed by atoms with E-state index in [0.717, 1.165) is 12.5 Å². The smallest absolute Gasteiger partial charge is 0.335 e. The summed E-state index contributed by atoms with van der Waals surface area (Å²) in [5.74, 6) is -0.796. The highest BCUT2D eigenvalue weighted by atomic mass is 19.1. The number of halogens is 1. The van der Waals surface area contributed by atoms with E-state index in [1.54, 1.807) is 43.5 Å². The number of carboxylic acid groups (broad SMARTS) is 1. The molecule has 0 saturated carbocycles. The molecule has 43 heavy (non-hydrogen) atoms. The highest BCUT2D eigenvalue weighted by Gasteiger charge is 2.23. The van der Waals surface area contributed by atoms with Crippen molar-refractivity contribution >= 4 is 17.0 Å². The van der Waals surface area contributed by atoms with Crippen LogP contribution in [0.2, 0.25) is 0 Å². The summed E-state index contributed by atoms with van der Waals surface area (Å²) in [6.45, 7) is 2.80. The highest BCUT2D eigenvalue weighted by Crippen LogP contribution is 2.24. The number of aromatic nitrogens is 5. The number of imidazole rings is 1. The third kappa shape index (κ3) is 5.58. The van der Waals surface area contributed by atoms with Crippen LogP contribution in [0, 0.1) is 24.1 Å². The summed E-state index contributed by atoms with van der Waals surface area (Å²) in [6, 6.07) is 15.8. The number of nitrogens with zero attached hydrogens (tertiary/aromatic N) is 6. The molecule has 1 saturated heterocycles. The lowest BCUT2D eigenvalue weighted by Crippen LogP contribution is -2.33. The number of carboxylic acids is 1. The SMILES string of the molecule is Cc1c(-c2cccc(OCc3ccc(C#N)cc3F)n2)cnn(Cc2nc3ccc(C(=O)O)cc3n2C[C@@H]2CCO2)c1=O. The normalized spacial score (nSPS) is 14.3. The Morgan fingerprint density at radius 2 is 2.05 bits per heavy atom. The number of pyridine rings is 1. The molecule has 1 aliphatic rings. The van der Waals surface area contributed by atoms with Gasteiger partial charge < -0.3 is 19.1 Å². The van der Waals surface area contributed by atoms with E-state index >= 15 is 0 Å². The monoisotopic (exact) mass is 580 g/mol. The second-order valence-corrected chi connectivity index (χ2v) is 10.1. The summed E-state index contributed by atoms with van der Waals surface area (Å²) in [7, 11) is 0. The van der Waals surface area contributed by atoms with Crippen LogP contribution in [-0.4, -0.2) is 48.1 Å². The maximum Gasteiger partial charge on any atom is 0.335 e. The largest absolute Gasteiger partial charge is 0.478 e. The second kappa shape index (κ2) is 11.5. The summed E-state index contributed by atoms with van der Waals surface area (Å²) >= 11 is 0. The number of rotatable bonds is 9. The Kier molecular flexibility index (Phi) is 7.40. The van der Waals surface area contributed by atoms with Crippen molar-refractivity contribution in [3.05, 3.63) is 105 Å². The fourth-order valence-corrected chi connectivity index (χ4v) is 4.88. The minimum atomic E-state index is -1.04. The van der Waals surface area contributed by atoms with Crippen molar-refractivity contribution < 1.29 is 23.8 Å². The molecule has 2 aromatic carbocycles. The van der Waals surface area contributed by atoms with E-state index in [2.05, 4.69) is 15.1 Å². The van der Waals surface area contributed by atoms with Gasteiger partial charge in [0.1, 0.15) is 24.8 Å². The van der Waals surface area contributed by atoms with Crippen LogP contribution in [-0.2, 0) is 24.4 Å². The average molecular weight is 581 g/mol. The lowest BCUT2D eigenvalue weighted by Gasteiger charge is -2.27. The Bertz CT molecular complexity index is 1970. The molecule has 0 unspecified atom stereocenters. The Morgan fingerprint density at radius 3 is 2.77 bits per heavy atom. The van der Waals surface area contributed by atoms with E-state index in [4.69, 9.17) is 14.7 Å². The zero-order valence-corrected chi connectivity index (χ0v) is 23.0. The first-order valence-electron chi connectivity index (χ1n) is 13.5.